The Labute approximate surface area is 88.0 Å². The van der Waals surface area contributed by atoms with Gasteiger partial charge in [0.15, 0.2) is 0 Å². The second-order valence-corrected chi connectivity index (χ2v) is 3.54. The van der Waals surface area contributed by atoms with E-state index in [1.54, 1.807) is 7.05 Å². The van der Waals surface area contributed by atoms with E-state index in [1.165, 1.54) is 0 Å². The molecule has 1 unspecified atom stereocenters. The first-order valence-electron chi connectivity index (χ1n) is 4.81. The summed E-state index contributed by atoms with van der Waals surface area (Å²) in [5.41, 5.74) is 0. The molecule has 0 aromatic rings. The number of amides is 3. The zero-order valence-electron chi connectivity index (χ0n) is 8.87. The molecule has 0 bridgehead atoms. The van der Waals surface area contributed by atoms with Gasteiger partial charge in [0, 0.05) is 12.6 Å². The Balaban J connectivity index is 2.70. The standard InChI is InChI=1S/C9H15N3O3/c1-6(10-2)5-12-8(14)3-7(13)11-4-9(12)15/h6,10H,3-5H2,1-2H3,(H,11,13). The third kappa shape index (κ3) is 3.02. The van der Waals surface area contributed by atoms with Gasteiger partial charge in [0.1, 0.15) is 6.42 Å². The first-order chi connectivity index (χ1) is 7.04. The number of nitrogens with zero attached hydrogens (tertiary/aromatic N) is 1. The molecule has 1 saturated heterocycles. The maximum absolute atomic E-state index is 11.5. The molecule has 1 rings (SSSR count). The highest BCUT2D eigenvalue weighted by Crippen LogP contribution is 2.01. The summed E-state index contributed by atoms with van der Waals surface area (Å²) in [5, 5.41) is 5.31. The molecule has 6 heteroatoms. The van der Waals surface area contributed by atoms with Gasteiger partial charge in [-0.05, 0) is 14.0 Å². The van der Waals surface area contributed by atoms with Crippen molar-refractivity contribution in [3.8, 4) is 0 Å². The largest absolute Gasteiger partial charge is 0.347 e. The average Bonchev–Trinajstić information content (AvgIpc) is 2.31. The predicted octanol–water partition coefficient (Wildman–Crippen LogP) is -1.53. The molecule has 1 fully saturated rings. The normalized spacial score (nSPS) is 19.9. The molecule has 1 heterocycles. The summed E-state index contributed by atoms with van der Waals surface area (Å²) < 4.78 is 0. The van der Waals surface area contributed by atoms with E-state index in [0.29, 0.717) is 6.54 Å². The Morgan fingerprint density at radius 2 is 2.07 bits per heavy atom. The molecule has 2 N–H and O–H groups in total. The summed E-state index contributed by atoms with van der Waals surface area (Å²) >= 11 is 0. The number of nitrogens with one attached hydrogen (secondary N) is 2. The lowest BCUT2D eigenvalue weighted by atomic mass is 10.3. The smallest absolute Gasteiger partial charge is 0.248 e. The summed E-state index contributed by atoms with van der Waals surface area (Å²) in [6.07, 6.45) is -0.248. The van der Waals surface area contributed by atoms with E-state index in [1.807, 2.05) is 6.92 Å². The van der Waals surface area contributed by atoms with Crippen molar-refractivity contribution >= 4 is 17.7 Å². The number of likely N-dealkylation sites (N-methyl/N-ethyl adjacent to an activating group) is 1. The van der Waals surface area contributed by atoms with Crippen LogP contribution in [0.3, 0.4) is 0 Å². The van der Waals surface area contributed by atoms with Crippen LogP contribution in [0.4, 0.5) is 0 Å². The molecule has 0 aromatic carbocycles. The molecule has 84 valence electrons. The number of carbonyl (C=O) groups is 3. The van der Waals surface area contributed by atoms with E-state index in [4.69, 9.17) is 0 Å². The Morgan fingerprint density at radius 3 is 2.67 bits per heavy atom. The molecular formula is C9H15N3O3. The van der Waals surface area contributed by atoms with E-state index in [0.717, 1.165) is 4.90 Å². The van der Waals surface area contributed by atoms with E-state index in [9.17, 15) is 14.4 Å². The van der Waals surface area contributed by atoms with Gasteiger partial charge in [-0.1, -0.05) is 0 Å². The lowest BCUT2D eigenvalue weighted by Crippen LogP contribution is -2.45. The minimum absolute atomic E-state index is 0.0195. The summed E-state index contributed by atoms with van der Waals surface area (Å²) in [6.45, 7) is 2.06. The van der Waals surface area contributed by atoms with Gasteiger partial charge in [-0.3, -0.25) is 19.3 Å². The maximum Gasteiger partial charge on any atom is 0.248 e. The average molecular weight is 213 g/mol. The second-order valence-electron chi connectivity index (χ2n) is 3.54. The van der Waals surface area contributed by atoms with Crippen molar-refractivity contribution in [2.75, 3.05) is 20.1 Å². The van der Waals surface area contributed by atoms with E-state index < -0.39 is 11.8 Å². The maximum atomic E-state index is 11.5. The van der Waals surface area contributed by atoms with Crippen LogP contribution in [0.2, 0.25) is 0 Å². The lowest BCUT2D eigenvalue weighted by Gasteiger charge is -2.21. The third-order valence-electron chi connectivity index (χ3n) is 2.30. The Morgan fingerprint density at radius 1 is 1.40 bits per heavy atom. The first kappa shape index (κ1) is 11.6. The molecule has 0 radical (unpaired) electrons. The van der Waals surface area contributed by atoms with Gasteiger partial charge in [-0.25, -0.2) is 0 Å². The van der Waals surface area contributed by atoms with Gasteiger partial charge in [-0.2, -0.15) is 0 Å². The van der Waals surface area contributed by atoms with Crippen LogP contribution in [0.5, 0.6) is 0 Å². The van der Waals surface area contributed by atoms with Crippen LogP contribution in [0.25, 0.3) is 0 Å². The van der Waals surface area contributed by atoms with Crippen molar-refractivity contribution in [3.05, 3.63) is 0 Å². The van der Waals surface area contributed by atoms with Crippen LogP contribution in [-0.4, -0.2) is 48.8 Å². The van der Waals surface area contributed by atoms with E-state index in [2.05, 4.69) is 10.6 Å². The zero-order valence-corrected chi connectivity index (χ0v) is 8.87. The topological polar surface area (TPSA) is 78.5 Å². The number of hydrogen-bond donors (Lipinski definition) is 2. The van der Waals surface area contributed by atoms with Crippen LogP contribution in [0.1, 0.15) is 13.3 Å². The molecule has 1 aliphatic rings. The molecule has 1 aliphatic heterocycles. The van der Waals surface area contributed by atoms with Crippen molar-refractivity contribution in [3.63, 3.8) is 0 Å². The second kappa shape index (κ2) is 4.88. The Kier molecular flexibility index (Phi) is 3.79. The highest BCUT2D eigenvalue weighted by Gasteiger charge is 2.28. The lowest BCUT2D eigenvalue weighted by molar-refractivity contribution is -0.143. The third-order valence-corrected chi connectivity index (χ3v) is 2.30. The number of hydrogen-bond acceptors (Lipinski definition) is 4. The number of imide groups is 1. The minimum atomic E-state index is -0.433. The molecular weight excluding hydrogens is 198 g/mol. The van der Waals surface area contributed by atoms with E-state index in [-0.39, 0.29) is 24.9 Å². The Bertz CT molecular complexity index is 290. The summed E-state index contributed by atoms with van der Waals surface area (Å²) in [7, 11) is 1.75. The predicted molar refractivity (Wildman–Crippen MR) is 52.9 cm³/mol. The molecule has 1 atom stereocenters. The monoisotopic (exact) mass is 213 g/mol. The van der Waals surface area contributed by atoms with Crippen molar-refractivity contribution in [1.82, 2.24) is 15.5 Å². The van der Waals surface area contributed by atoms with Crippen LogP contribution >= 0.6 is 0 Å². The highest BCUT2D eigenvalue weighted by atomic mass is 16.2. The van der Waals surface area contributed by atoms with Crippen LogP contribution in [-0.2, 0) is 14.4 Å². The van der Waals surface area contributed by atoms with Crippen LogP contribution in [0.15, 0.2) is 0 Å². The quantitative estimate of drug-likeness (QED) is 0.440. The minimum Gasteiger partial charge on any atom is -0.347 e. The molecule has 0 spiro atoms. The van der Waals surface area contributed by atoms with Gasteiger partial charge in [-0.15, -0.1) is 0 Å². The highest BCUT2D eigenvalue weighted by molar-refractivity contribution is 6.07. The van der Waals surface area contributed by atoms with Crippen molar-refractivity contribution in [2.45, 2.75) is 19.4 Å². The molecule has 3 amide bonds. The van der Waals surface area contributed by atoms with E-state index >= 15 is 0 Å². The summed E-state index contributed by atoms with van der Waals surface area (Å²) in [4.78, 5) is 35.1. The van der Waals surface area contributed by atoms with Gasteiger partial charge >= 0.3 is 0 Å². The summed E-state index contributed by atoms with van der Waals surface area (Å²) in [6, 6.07) is 0.0195. The van der Waals surface area contributed by atoms with Gasteiger partial charge < -0.3 is 10.6 Å². The van der Waals surface area contributed by atoms with Gasteiger partial charge in [0.25, 0.3) is 0 Å². The SMILES string of the molecule is CNC(C)CN1C(=O)CNC(=O)CC1=O. The first-order valence-corrected chi connectivity index (χ1v) is 4.81. The van der Waals surface area contributed by atoms with Crippen LogP contribution < -0.4 is 10.6 Å². The van der Waals surface area contributed by atoms with Crippen molar-refractivity contribution < 1.29 is 14.4 Å². The molecule has 15 heavy (non-hydrogen) atoms. The van der Waals surface area contributed by atoms with Gasteiger partial charge in [0.05, 0.1) is 6.54 Å². The molecule has 6 nitrogen and oxygen atoms in total. The van der Waals surface area contributed by atoms with Gasteiger partial charge in [0.2, 0.25) is 17.7 Å². The number of carbonyl (C=O) groups excluding carboxylic acids is 3. The molecule has 0 saturated carbocycles. The fraction of sp³-hybridized carbons (Fsp3) is 0.667. The van der Waals surface area contributed by atoms with Crippen molar-refractivity contribution in [1.29, 1.82) is 0 Å². The fourth-order valence-corrected chi connectivity index (χ4v) is 1.27. The molecule has 0 aromatic heterocycles. The Hall–Kier alpha value is -1.43. The van der Waals surface area contributed by atoms with Crippen LogP contribution in [0, 0.1) is 0 Å². The number of rotatable bonds is 3. The fourth-order valence-electron chi connectivity index (χ4n) is 1.27. The van der Waals surface area contributed by atoms with Crippen molar-refractivity contribution in [2.24, 2.45) is 0 Å². The zero-order chi connectivity index (χ0) is 11.4. The summed E-state index contributed by atoms with van der Waals surface area (Å²) in [5.74, 6) is -1.18. The molecule has 0 aliphatic carbocycles.